The van der Waals surface area contributed by atoms with Crippen LogP contribution in [0.4, 0.5) is 0 Å². The Kier molecular flexibility index (Phi) is 6.85. The third kappa shape index (κ3) is 5.25. The predicted octanol–water partition coefficient (Wildman–Crippen LogP) is 11.7. The van der Waals surface area contributed by atoms with E-state index in [1.165, 1.54) is 27.1 Å². The first kappa shape index (κ1) is 29.2. The summed E-state index contributed by atoms with van der Waals surface area (Å²) < 4.78 is 6.55. The normalized spacial score (nSPS) is 14.5. The number of fused-ring (bicyclic) bond motifs is 5. The first-order valence-corrected chi connectivity index (χ1v) is 17.3. The van der Waals surface area contributed by atoms with Crippen LogP contribution in [0.1, 0.15) is 22.9 Å². The fraction of sp³-hybridized carbons (Fsp3) is 0.0213. The highest BCUT2D eigenvalue weighted by atomic mass is 16.3. The van der Waals surface area contributed by atoms with Gasteiger partial charge < -0.3 is 9.73 Å². The van der Waals surface area contributed by atoms with E-state index in [1.54, 1.807) is 0 Å². The molecule has 8 aromatic carbocycles. The second-order valence-electron chi connectivity index (χ2n) is 13.1. The number of hydrogen-bond acceptors (Lipinski definition) is 4. The molecule has 0 saturated heterocycles. The van der Waals surface area contributed by atoms with Crippen molar-refractivity contribution in [2.45, 2.75) is 6.17 Å². The monoisotopic (exact) mass is 653 g/mol. The minimum Gasteiger partial charge on any atom is -0.456 e. The molecule has 0 amide bonds. The van der Waals surface area contributed by atoms with Gasteiger partial charge in [-0.2, -0.15) is 0 Å². The molecule has 0 bridgehead atoms. The van der Waals surface area contributed by atoms with E-state index >= 15 is 0 Å². The third-order valence-electron chi connectivity index (χ3n) is 9.90. The maximum atomic E-state index is 6.55. The van der Waals surface area contributed by atoms with Crippen molar-refractivity contribution in [3.05, 3.63) is 193 Å². The Morgan fingerprint density at radius 1 is 0.451 bits per heavy atom. The molecular formula is C47H31N3O. The average molecular weight is 654 g/mol. The molecule has 0 radical (unpaired) electrons. The van der Waals surface area contributed by atoms with Gasteiger partial charge in [-0.05, 0) is 79.7 Å². The summed E-state index contributed by atoms with van der Waals surface area (Å²) in [5, 5.41) is 10.6. The van der Waals surface area contributed by atoms with Crippen molar-refractivity contribution in [1.82, 2.24) is 5.32 Å². The van der Waals surface area contributed by atoms with E-state index in [1.807, 2.05) is 18.2 Å². The zero-order chi connectivity index (χ0) is 33.7. The molecule has 2 heterocycles. The van der Waals surface area contributed by atoms with E-state index in [4.69, 9.17) is 14.4 Å². The molecule has 4 heteroatoms. The third-order valence-corrected chi connectivity index (χ3v) is 9.90. The Bertz CT molecular complexity index is 2830. The van der Waals surface area contributed by atoms with Crippen molar-refractivity contribution in [1.29, 1.82) is 0 Å². The summed E-state index contributed by atoms with van der Waals surface area (Å²) in [5.41, 5.74) is 9.16. The highest BCUT2D eigenvalue weighted by molar-refractivity contribution is 6.22. The second kappa shape index (κ2) is 12.0. The Labute approximate surface area is 295 Å². The van der Waals surface area contributed by atoms with Gasteiger partial charge in [0.15, 0.2) is 5.84 Å². The van der Waals surface area contributed by atoms with Crippen LogP contribution in [0.2, 0.25) is 0 Å². The number of amidine groups is 2. The molecule has 1 atom stereocenters. The Hall–Kier alpha value is -6.78. The van der Waals surface area contributed by atoms with Crippen molar-refractivity contribution < 1.29 is 4.42 Å². The molecule has 1 unspecified atom stereocenters. The highest BCUT2D eigenvalue weighted by Gasteiger charge is 2.25. The number of para-hydroxylation sites is 1. The molecular weight excluding hydrogens is 623 g/mol. The lowest BCUT2D eigenvalue weighted by Gasteiger charge is -2.24. The van der Waals surface area contributed by atoms with Crippen LogP contribution in [-0.2, 0) is 0 Å². The van der Waals surface area contributed by atoms with Crippen LogP contribution in [0, 0.1) is 0 Å². The van der Waals surface area contributed by atoms with Gasteiger partial charge in [0, 0.05) is 21.9 Å². The van der Waals surface area contributed by atoms with Gasteiger partial charge in [0.1, 0.15) is 23.2 Å². The minimum atomic E-state index is -0.358. The van der Waals surface area contributed by atoms with Gasteiger partial charge in [-0.3, -0.25) is 0 Å². The van der Waals surface area contributed by atoms with Gasteiger partial charge in [-0.15, -0.1) is 0 Å². The van der Waals surface area contributed by atoms with E-state index in [0.29, 0.717) is 5.84 Å². The summed E-state index contributed by atoms with van der Waals surface area (Å²) in [6.07, 6.45) is -0.358. The first-order chi connectivity index (χ1) is 25.2. The topological polar surface area (TPSA) is 49.9 Å². The van der Waals surface area contributed by atoms with E-state index in [9.17, 15) is 0 Å². The van der Waals surface area contributed by atoms with Gasteiger partial charge in [0.2, 0.25) is 0 Å². The predicted molar refractivity (Wildman–Crippen MR) is 211 cm³/mol. The summed E-state index contributed by atoms with van der Waals surface area (Å²) >= 11 is 0. The SMILES string of the molecule is c1ccc(-c2ccc(C3=NC(c4ccc5ccccc5c4)NC(c4cc(-c5ccc6ccccc6c5)cc5oc6ccccc6c45)=N3)cc2)cc1. The molecule has 1 N–H and O–H groups in total. The maximum Gasteiger partial charge on any atom is 0.159 e. The summed E-state index contributed by atoms with van der Waals surface area (Å²) in [5.74, 6) is 1.43. The second-order valence-corrected chi connectivity index (χ2v) is 13.1. The van der Waals surface area contributed by atoms with Gasteiger partial charge in [-0.1, -0.05) is 146 Å². The molecule has 0 spiro atoms. The smallest absolute Gasteiger partial charge is 0.159 e. The van der Waals surface area contributed by atoms with Crippen LogP contribution in [-0.4, -0.2) is 11.7 Å². The number of rotatable bonds is 5. The quantitative estimate of drug-likeness (QED) is 0.201. The van der Waals surface area contributed by atoms with Crippen molar-refractivity contribution in [3.8, 4) is 22.3 Å². The van der Waals surface area contributed by atoms with Crippen LogP contribution in [0.5, 0.6) is 0 Å². The van der Waals surface area contributed by atoms with Crippen LogP contribution in [0.15, 0.2) is 190 Å². The van der Waals surface area contributed by atoms with Crippen LogP contribution in [0.25, 0.3) is 65.7 Å². The molecule has 9 aromatic rings. The molecule has 1 aliphatic heterocycles. The van der Waals surface area contributed by atoms with E-state index < -0.39 is 0 Å². The summed E-state index contributed by atoms with van der Waals surface area (Å²) in [6, 6.07) is 61.7. The Balaban J connectivity index is 1.17. The fourth-order valence-electron chi connectivity index (χ4n) is 7.28. The molecule has 1 aliphatic rings. The van der Waals surface area contributed by atoms with Crippen LogP contribution in [0.3, 0.4) is 0 Å². The average Bonchev–Trinajstić information content (AvgIpc) is 3.59. The van der Waals surface area contributed by atoms with Gasteiger partial charge >= 0.3 is 0 Å². The molecule has 240 valence electrons. The number of nitrogens with zero attached hydrogens (tertiary/aromatic N) is 2. The molecule has 0 aliphatic carbocycles. The molecule has 51 heavy (non-hydrogen) atoms. The fourth-order valence-corrected chi connectivity index (χ4v) is 7.28. The van der Waals surface area contributed by atoms with E-state index in [0.717, 1.165) is 61.2 Å². The van der Waals surface area contributed by atoms with Gasteiger partial charge in [0.05, 0.1) is 0 Å². The molecule has 4 nitrogen and oxygen atoms in total. The zero-order valence-corrected chi connectivity index (χ0v) is 27.6. The van der Waals surface area contributed by atoms with Crippen LogP contribution < -0.4 is 5.32 Å². The van der Waals surface area contributed by atoms with E-state index in [-0.39, 0.29) is 6.17 Å². The highest BCUT2D eigenvalue weighted by Crippen LogP contribution is 2.37. The Morgan fingerprint density at radius 2 is 1.08 bits per heavy atom. The molecule has 1 aromatic heterocycles. The molecule has 0 saturated carbocycles. The number of hydrogen-bond donors (Lipinski definition) is 1. The number of furan rings is 1. The van der Waals surface area contributed by atoms with Gasteiger partial charge in [0.25, 0.3) is 0 Å². The van der Waals surface area contributed by atoms with Crippen molar-refractivity contribution in [3.63, 3.8) is 0 Å². The molecule has 10 rings (SSSR count). The summed E-state index contributed by atoms with van der Waals surface area (Å²) in [7, 11) is 0. The largest absolute Gasteiger partial charge is 0.456 e. The minimum absolute atomic E-state index is 0.358. The Morgan fingerprint density at radius 3 is 1.88 bits per heavy atom. The number of nitrogens with one attached hydrogen (secondary N) is 1. The standard InChI is InChI=1S/C47H31N3O/c1-2-10-30(11-3-1)33-18-22-34(23-19-33)45-48-46(38-25-21-32-13-5-7-15-36(32)27-38)50-47(49-45)41-28-39(37-24-20-31-12-4-6-14-35(31)26-37)29-43-44(41)40-16-8-9-17-42(40)51-43/h1-29,46H,(H,48,49,50). The van der Waals surface area contributed by atoms with Gasteiger partial charge in [-0.25, -0.2) is 9.98 Å². The first-order valence-electron chi connectivity index (χ1n) is 17.3. The lowest BCUT2D eigenvalue weighted by molar-refractivity contribution is 0.668. The van der Waals surface area contributed by atoms with Crippen molar-refractivity contribution in [2.75, 3.05) is 0 Å². The lowest BCUT2D eigenvalue weighted by Crippen LogP contribution is -2.33. The van der Waals surface area contributed by atoms with Crippen molar-refractivity contribution >= 4 is 55.2 Å². The molecule has 0 fully saturated rings. The number of aliphatic imine (C=N–C) groups is 2. The zero-order valence-electron chi connectivity index (χ0n) is 27.6. The lowest BCUT2D eigenvalue weighted by atomic mass is 9.96. The summed E-state index contributed by atoms with van der Waals surface area (Å²) in [4.78, 5) is 10.5. The van der Waals surface area contributed by atoms with Crippen LogP contribution >= 0.6 is 0 Å². The number of benzene rings is 8. The maximum absolute atomic E-state index is 6.55. The summed E-state index contributed by atoms with van der Waals surface area (Å²) in [6.45, 7) is 0. The van der Waals surface area contributed by atoms with Crippen molar-refractivity contribution in [2.24, 2.45) is 9.98 Å². The van der Waals surface area contributed by atoms with E-state index in [2.05, 4.69) is 163 Å².